The number of carbonyl (C=O) groups excluding carboxylic acids is 1. The van der Waals surface area contributed by atoms with Gasteiger partial charge in [-0.25, -0.2) is 4.39 Å². The summed E-state index contributed by atoms with van der Waals surface area (Å²) < 4.78 is 13.8. The third kappa shape index (κ3) is 1.48. The molecule has 2 rings (SSSR count). The average molecular weight is 258 g/mol. The number of nitrogens with two attached hydrogens (primary N) is 1. The molecule has 0 heterocycles. The van der Waals surface area contributed by atoms with E-state index in [9.17, 15) is 9.18 Å². The molecule has 0 saturated heterocycles. The molecule has 1 saturated carbocycles. The first kappa shape index (κ1) is 9.80. The number of carbonyl (C=O) groups is 1. The number of hydrogen-bond acceptors (Lipinski definition) is 2. The fourth-order valence-electron chi connectivity index (χ4n) is 1.31. The van der Waals surface area contributed by atoms with Crippen molar-refractivity contribution in [2.24, 2.45) is 5.73 Å². The zero-order valence-corrected chi connectivity index (χ0v) is 8.97. The van der Waals surface area contributed by atoms with E-state index >= 15 is 0 Å². The van der Waals surface area contributed by atoms with Crippen molar-refractivity contribution < 1.29 is 9.18 Å². The standard InChI is InChI=1S/C10H9BrFNO/c11-7-3-1-2-6(8(7)12)9(14)10(13)4-5-10/h1-3H,4-5,13H2. The van der Waals surface area contributed by atoms with Gasteiger partial charge in [-0.05, 0) is 40.9 Å². The van der Waals surface area contributed by atoms with Crippen LogP contribution >= 0.6 is 15.9 Å². The highest BCUT2D eigenvalue weighted by Crippen LogP contribution is 2.36. The predicted molar refractivity (Wildman–Crippen MR) is 54.6 cm³/mol. The molecule has 4 heteroatoms. The number of ketones is 1. The topological polar surface area (TPSA) is 43.1 Å². The molecule has 1 fully saturated rings. The fourth-order valence-corrected chi connectivity index (χ4v) is 1.68. The van der Waals surface area contributed by atoms with E-state index in [1.807, 2.05) is 0 Å². The molecule has 0 amide bonds. The van der Waals surface area contributed by atoms with E-state index in [2.05, 4.69) is 15.9 Å². The molecule has 0 unspecified atom stereocenters. The average Bonchev–Trinajstić information content (AvgIpc) is 2.89. The van der Waals surface area contributed by atoms with Crippen LogP contribution < -0.4 is 5.73 Å². The lowest BCUT2D eigenvalue weighted by molar-refractivity contribution is 0.0945. The molecule has 0 spiro atoms. The van der Waals surface area contributed by atoms with Crippen LogP contribution in [0.5, 0.6) is 0 Å². The zero-order chi connectivity index (χ0) is 10.3. The number of Topliss-reactive ketones (excluding diaryl/α,β-unsaturated/α-hetero) is 1. The van der Waals surface area contributed by atoms with Gasteiger partial charge in [-0.15, -0.1) is 0 Å². The van der Waals surface area contributed by atoms with E-state index in [-0.39, 0.29) is 11.3 Å². The zero-order valence-electron chi connectivity index (χ0n) is 7.39. The second-order valence-corrected chi connectivity index (χ2v) is 4.44. The molecule has 1 aliphatic carbocycles. The lowest BCUT2D eigenvalue weighted by atomic mass is 10.0. The Balaban J connectivity index is 2.41. The molecule has 74 valence electrons. The van der Waals surface area contributed by atoms with E-state index in [1.165, 1.54) is 6.07 Å². The monoisotopic (exact) mass is 257 g/mol. The van der Waals surface area contributed by atoms with Crippen molar-refractivity contribution in [3.63, 3.8) is 0 Å². The van der Waals surface area contributed by atoms with Crippen molar-refractivity contribution in [1.82, 2.24) is 0 Å². The van der Waals surface area contributed by atoms with E-state index in [4.69, 9.17) is 5.73 Å². The van der Waals surface area contributed by atoms with Crippen molar-refractivity contribution in [2.75, 3.05) is 0 Å². The summed E-state index contributed by atoms with van der Waals surface area (Å²) in [4.78, 5) is 11.7. The first-order valence-corrected chi connectivity index (χ1v) is 5.11. The minimum absolute atomic E-state index is 0.0828. The maximum atomic E-state index is 13.5. The number of halogens is 2. The minimum atomic E-state index is -0.804. The first-order valence-electron chi connectivity index (χ1n) is 4.32. The van der Waals surface area contributed by atoms with Gasteiger partial charge in [-0.1, -0.05) is 6.07 Å². The number of benzene rings is 1. The van der Waals surface area contributed by atoms with Gasteiger partial charge in [0.2, 0.25) is 0 Å². The van der Waals surface area contributed by atoms with Gasteiger partial charge < -0.3 is 5.73 Å². The van der Waals surface area contributed by atoms with Gasteiger partial charge in [0, 0.05) is 0 Å². The Kier molecular flexibility index (Phi) is 2.20. The maximum Gasteiger partial charge on any atom is 0.185 e. The van der Waals surface area contributed by atoms with Crippen LogP contribution in [0.3, 0.4) is 0 Å². The largest absolute Gasteiger partial charge is 0.319 e. The summed E-state index contributed by atoms with van der Waals surface area (Å²) in [6.07, 6.45) is 1.30. The minimum Gasteiger partial charge on any atom is -0.319 e. The van der Waals surface area contributed by atoms with Gasteiger partial charge in [0.1, 0.15) is 5.82 Å². The Bertz CT molecular complexity index is 401. The summed E-state index contributed by atoms with van der Waals surface area (Å²) >= 11 is 3.03. The van der Waals surface area contributed by atoms with Crippen LogP contribution in [0, 0.1) is 5.82 Å². The fraction of sp³-hybridized carbons (Fsp3) is 0.300. The van der Waals surface area contributed by atoms with Crippen LogP contribution in [-0.2, 0) is 0 Å². The predicted octanol–water partition coefficient (Wildman–Crippen LogP) is 2.26. The summed E-state index contributed by atoms with van der Waals surface area (Å²) in [5, 5.41) is 0. The molecule has 0 bridgehead atoms. The summed E-state index contributed by atoms with van der Waals surface area (Å²) in [6.45, 7) is 0. The Morgan fingerprint density at radius 2 is 2.14 bits per heavy atom. The molecule has 0 aliphatic heterocycles. The molecular formula is C10H9BrFNO. The second-order valence-electron chi connectivity index (χ2n) is 3.59. The molecule has 0 radical (unpaired) electrons. The van der Waals surface area contributed by atoms with Crippen LogP contribution in [0.4, 0.5) is 4.39 Å². The van der Waals surface area contributed by atoms with E-state index < -0.39 is 11.4 Å². The number of rotatable bonds is 2. The summed E-state index contributed by atoms with van der Waals surface area (Å²) in [6, 6.07) is 4.66. The van der Waals surface area contributed by atoms with Crippen molar-refractivity contribution in [1.29, 1.82) is 0 Å². The van der Waals surface area contributed by atoms with Crippen LogP contribution in [0.1, 0.15) is 23.2 Å². The van der Waals surface area contributed by atoms with Gasteiger partial charge in [0.05, 0.1) is 15.6 Å². The highest BCUT2D eigenvalue weighted by molar-refractivity contribution is 9.10. The van der Waals surface area contributed by atoms with Gasteiger partial charge in [0.15, 0.2) is 5.78 Å². The lowest BCUT2D eigenvalue weighted by Gasteiger charge is -2.08. The highest BCUT2D eigenvalue weighted by atomic mass is 79.9. The molecule has 1 aromatic rings. The molecular weight excluding hydrogens is 249 g/mol. The first-order chi connectivity index (χ1) is 6.54. The van der Waals surface area contributed by atoms with Gasteiger partial charge in [0.25, 0.3) is 0 Å². The SMILES string of the molecule is NC1(C(=O)c2cccc(Br)c2F)CC1. The lowest BCUT2D eigenvalue weighted by Crippen LogP contribution is -2.33. The van der Waals surface area contributed by atoms with Crippen molar-refractivity contribution >= 4 is 21.7 Å². The van der Waals surface area contributed by atoms with Crippen molar-refractivity contribution in [2.45, 2.75) is 18.4 Å². The highest BCUT2D eigenvalue weighted by Gasteiger charge is 2.46. The smallest absolute Gasteiger partial charge is 0.185 e. The second kappa shape index (κ2) is 3.14. The van der Waals surface area contributed by atoms with Crippen LogP contribution in [0.25, 0.3) is 0 Å². The van der Waals surface area contributed by atoms with Crippen LogP contribution in [0.2, 0.25) is 0 Å². The van der Waals surface area contributed by atoms with Crippen LogP contribution in [0.15, 0.2) is 22.7 Å². The summed E-state index contributed by atoms with van der Waals surface area (Å²) in [7, 11) is 0. The summed E-state index contributed by atoms with van der Waals surface area (Å²) in [5.41, 5.74) is 4.99. The maximum absolute atomic E-state index is 13.5. The number of hydrogen-bond donors (Lipinski definition) is 1. The van der Waals surface area contributed by atoms with Crippen LogP contribution in [-0.4, -0.2) is 11.3 Å². The molecule has 2 N–H and O–H groups in total. The molecule has 1 aliphatic rings. The molecule has 0 aromatic heterocycles. The van der Waals surface area contributed by atoms with Gasteiger partial charge >= 0.3 is 0 Å². The van der Waals surface area contributed by atoms with E-state index in [0.29, 0.717) is 17.3 Å². The third-order valence-electron chi connectivity index (χ3n) is 2.44. The quantitative estimate of drug-likeness (QED) is 0.827. The normalized spacial score (nSPS) is 17.9. The molecule has 2 nitrogen and oxygen atoms in total. The Morgan fingerprint density at radius 3 is 2.71 bits per heavy atom. The Hall–Kier alpha value is -0.740. The van der Waals surface area contributed by atoms with E-state index in [1.54, 1.807) is 12.1 Å². The van der Waals surface area contributed by atoms with Crippen molar-refractivity contribution in [3.05, 3.63) is 34.1 Å². The van der Waals surface area contributed by atoms with Gasteiger partial charge in [-0.2, -0.15) is 0 Å². The molecule has 14 heavy (non-hydrogen) atoms. The van der Waals surface area contributed by atoms with Crippen molar-refractivity contribution in [3.8, 4) is 0 Å². The molecule has 1 aromatic carbocycles. The Morgan fingerprint density at radius 1 is 1.50 bits per heavy atom. The summed E-state index contributed by atoms with van der Waals surface area (Å²) in [5.74, 6) is -0.814. The molecule has 0 atom stereocenters. The third-order valence-corrected chi connectivity index (χ3v) is 3.05. The van der Waals surface area contributed by atoms with Gasteiger partial charge in [-0.3, -0.25) is 4.79 Å². The Labute approximate surface area is 89.4 Å². The van der Waals surface area contributed by atoms with E-state index in [0.717, 1.165) is 0 Å².